The normalized spacial score (nSPS) is 17.9. The Labute approximate surface area is 217 Å². The standard InChI is InChI=1S/C27H34Cl2FNO4/c1-3-34-27(33)12-10-23-22(7-4-8-26(23)30)18(2)35-17-21(32)16-31-13-5-6-20(31)14-19-9-11-24(28)25(29)15-19/h4,7-9,11,15,18,20-21,32H,3,5-6,10,12-14,16-17H2,1-2H3/t18-,20+,21-/m1/s1. The number of benzene rings is 2. The molecule has 0 bridgehead atoms. The first kappa shape index (κ1) is 27.9. The lowest BCUT2D eigenvalue weighted by Crippen LogP contribution is -2.39. The van der Waals surface area contributed by atoms with Crippen molar-refractivity contribution < 1.29 is 23.8 Å². The highest BCUT2D eigenvalue weighted by Gasteiger charge is 2.27. The number of aliphatic hydroxyl groups is 1. The minimum atomic E-state index is -0.677. The summed E-state index contributed by atoms with van der Waals surface area (Å²) in [7, 11) is 0. The Balaban J connectivity index is 1.53. The molecular formula is C27H34Cl2FNO4. The van der Waals surface area contributed by atoms with Crippen LogP contribution in [0.15, 0.2) is 36.4 Å². The van der Waals surface area contributed by atoms with Crippen LogP contribution in [0, 0.1) is 5.82 Å². The SMILES string of the molecule is CCOC(=O)CCc1c(F)cccc1[C@@H](C)OC[C@H](O)CN1CCC[C@H]1Cc1ccc(Cl)c(Cl)c1. The summed E-state index contributed by atoms with van der Waals surface area (Å²) in [6.07, 6.45) is 2.20. The van der Waals surface area contributed by atoms with Gasteiger partial charge in [0.1, 0.15) is 5.82 Å². The van der Waals surface area contributed by atoms with Crippen LogP contribution in [0.3, 0.4) is 0 Å². The predicted octanol–water partition coefficient (Wildman–Crippen LogP) is 5.77. The first-order valence-electron chi connectivity index (χ1n) is 12.2. The molecule has 8 heteroatoms. The molecule has 35 heavy (non-hydrogen) atoms. The van der Waals surface area contributed by atoms with Gasteiger partial charge in [-0.05, 0) is 81.0 Å². The summed E-state index contributed by atoms with van der Waals surface area (Å²) >= 11 is 12.2. The van der Waals surface area contributed by atoms with E-state index in [1.165, 1.54) is 6.07 Å². The second-order valence-electron chi connectivity index (χ2n) is 8.99. The van der Waals surface area contributed by atoms with Gasteiger partial charge in [-0.15, -0.1) is 0 Å². The van der Waals surface area contributed by atoms with E-state index in [0.29, 0.717) is 40.4 Å². The molecule has 3 rings (SSSR count). The van der Waals surface area contributed by atoms with Gasteiger partial charge in [0.2, 0.25) is 0 Å². The first-order chi connectivity index (χ1) is 16.8. The number of halogens is 3. The van der Waals surface area contributed by atoms with Crippen molar-refractivity contribution in [3.63, 3.8) is 0 Å². The molecule has 0 spiro atoms. The Bertz CT molecular complexity index is 990. The second-order valence-corrected chi connectivity index (χ2v) is 9.80. The first-order valence-corrected chi connectivity index (χ1v) is 12.9. The number of hydrogen-bond donors (Lipinski definition) is 1. The van der Waals surface area contributed by atoms with Gasteiger partial charge in [-0.1, -0.05) is 41.4 Å². The van der Waals surface area contributed by atoms with Crippen molar-refractivity contribution in [1.82, 2.24) is 4.90 Å². The topological polar surface area (TPSA) is 59.0 Å². The minimum absolute atomic E-state index is 0.103. The molecule has 0 aliphatic carbocycles. The second kappa shape index (κ2) is 13.6. The number of hydrogen-bond acceptors (Lipinski definition) is 5. The highest BCUT2D eigenvalue weighted by Crippen LogP contribution is 2.28. The van der Waals surface area contributed by atoms with Crippen molar-refractivity contribution in [2.24, 2.45) is 0 Å². The molecule has 1 N–H and O–H groups in total. The summed E-state index contributed by atoms with van der Waals surface area (Å²) in [5.41, 5.74) is 2.25. The molecule has 5 nitrogen and oxygen atoms in total. The van der Waals surface area contributed by atoms with Crippen LogP contribution in [0.5, 0.6) is 0 Å². The van der Waals surface area contributed by atoms with E-state index >= 15 is 0 Å². The number of carbonyl (C=O) groups is 1. The van der Waals surface area contributed by atoms with Gasteiger partial charge in [-0.3, -0.25) is 9.69 Å². The fourth-order valence-corrected chi connectivity index (χ4v) is 4.97. The van der Waals surface area contributed by atoms with Gasteiger partial charge < -0.3 is 14.6 Å². The molecule has 2 aromatic carbocycles. The number of rotatable bonds is 12. The van der Waals surface area contributed by atoms with Crippen LogP contribution in [0.1, 0.15) is 55.9 Å². The Hall–Kier alpha value is -1.70. The quantitative estimate of drug-likeness (QED) is 0.356. The number of β-amino-alcohol motifs (C(OH)–C–C–N with tert-alkyl or cyclic N) is 1. The van der Waals surface area contributed by atoms with Gasteiger partial charge in [0, 0.05) is 19.0 Å². The highest BCUT2D eigenvalue weighted by atomic mass is 35.5. The van der Waals surface area contributed by atoms with Crippen LogP contribution in [0.25, 0.3) is 0 Å². The smallest absolute Gasteiger partial charge is 0.306 e. The average molecular weight is 526 g/mol. The number of esters is 1. The maximum Gasteiger partial charge on any atom is 0.306 e. The Morgan fingerprint density at radius 3 is 2.80 bits per heavy atom. The molecular weight excluding hydrogens is 492 g/mol. The molecule has 1 aliphatic rings. The monoisotopic (exact) mass is 525 g/mol. The zero-order valence-corrected chi connectivity index (χ0v) is 21.8. The van der Waals surface area contributed by atoms with Crippen molar-refractivity contribution in [2.75, 3.05) is 26.3 Å². The summed E-state index contributed by atoms with van der Waals surface area (Å²) < 4.78 is 25.4. The number of ether oxygens (including phenoxy) is 2. The van der Waals surface area contributed by atoms with Gasteiger partial charge in [0.15, 0.2) is 0 Å². The van der Waals surface area contributed by atoms with Crippen LogP contribution >= 0.6 is 23.2 Å². The summed E-state index contributed by atoms with van der Waals surface area (Å²) in [6, 6.07) is 10.8. The number of carbonyl (C=O) groups excluding carboxylic acids is 1. The van der Waals surface area contributed by atoms with E-state index in [0.717, 1.165) is 31.4 Å². The van der Waals surface area contributed by atoms with Gasteiger partial charge in [0.25, 0.3) is 0 Å². The largest absolute Gasteiger partial charge is 0.466 e. The van der Waals surface area contributed by atoms with E-state index in [-0.39, 0.29) is 31.2 Å². The molecule has 1 aliphatic heterocycles. The van der Waals surface area contributed by atoms with E-state index in [1.807, 2.05) is 25.1 Å². The third-order valence-electron chi connectivity index (χ3n) is 6.42. The summed E-state index contributed by atoms with van der Waals surface area (Å²) in [6.45, 7) is 5.42. The lowest BCUT2D eigenvalue weighted by atomic mass is 9.98. The molecule has 1 fully saturated rings. The van der Waals surface area contributed by atoms with Crippen LogP contribution in [-0.2, 0) is 27.1 Å². The Morgan fingerprint density at radius 1 is 1.26 bits per heavy atom. The fourth-order valence-electron chi connectivity index (χ4n) is 4.65. The maximum absolute atomic E-state index is 14.5. The van der Waals surface area contributed by atoms with Gasteiger partial charge >= 0.3 is 5.97 Å². The Morgan fingerprint density at radius 2 is 2.06 bits per heavy atom. The zero-order chi connectivity index (χ0) is 25.4. The van der Waals surface area contributed by atoms with Gasteiger partial charge in [-0.2, -0.15) is 0 Å². The predicted molar refractivity (Wildman–Crippen MR) is 136 cm³/mol. The highest BCUT2D eigenvalue weighted by molar-refractivity contribution is 6.42. The molecule has 0 saturated carbocycles. The van der Waals surface area contributed by atoms with E-state index in [9.17, 15) is 14.3 Å². The maximum atomic E-state index is 14.5. The van der Waals surface area contributed by atoms with Gasteiger partial charge in [0.05, 0.1) is 35.5 Å². The van der Waals surface area contributed by atoms with E-state index < -0.39 is 12.2 Å². The van der Waals surface area contributed by atoms with E-state index in [2.05, 4.69) is 4.90 Å². The fraction of sp³-hybridized carbons (Fsp3) is 0.519. The minimum Gasteiger partial charge on any atom is -0.466 e. The molecule has 0 radical (unpaired) electrons. The zero-order valence-electron chi connectivity index (χ0n) is 20.3. The number of nitrogens with zero attached hydrogens (tertiary/aromatic N) is 1. The summed E-state index contributed by atoms with van der Waals surface area (Å²) in [5, 5.41) is 11.8. The van der Waals surface area contributed by atoms with Gasteiger partial charge in [-0.25, -0.2) is 4.39 Å². The molecule has 2 aromatic rings. The molecule has 1 saturated heterocycles. The molecule has 3 atom stereocenters. The lowest BCUT2D eigenvalue weighted by Gasteiger charge is -2.28. The van der Waals surface area contributed by atoms with E-state index in [1.54, 1.807) is 19.1 Å². The third kappa shape index (κ3) is 8.16. The van der Waals surface area contributed by atoms with Crippen molar-refractivity contribution in [2.45, 2.75) is 64.2 Å². The van der Waals surface area contributed by atoms with Crippen molar-refractivity contribution in [3.8, 4) is 0 Å². The number of aliphatic hydroxyl groups excluding tert-OH is 1. The van der Waals surface area contributed by atoms with Crippen molar-refractivity contribution >= 4 is 29.2 Å². The molecule has 0 amide bonds. The summed E-state index contributed by atoms with van der Waals surface area (Å²) in [5.74, 6) is -0.725. The molecule has 1 heterocycles. The Kier molecular flexibility index (Phi) is 10.8. The third-order valence-corrected chi connectivity index (χ3v) is 7.15. The average Bonchev–Trinajstić information content (AvgIpc) is 3.25. The molecule has 0 aromatic heterocycles. The van der Waals surface area contributed by atoms with Crippen LogP contribution in [0.4, 0.5) is 4.39 Å². The van der Waals surface area contributed by atoms with Crippen molar-refractivity contribution in [3.05, 3.63) is 69.0 Å². The number of likely N-dealkylation sites (tertiary alicyclic amines) is 1. The molecule has 0 unspecified atom stereocenters. The summed E-state index contributed by atoms with van der Waals surface area (Å²) in [4.78, 5) is 14.0. The van der Waals surface area contributed by atoms with Crippen molar-refractivity contribution in [1.29, 1.82) is 0 Å². The van der Waals surface area contributed by atoms with Crippen LogP contribution in [0.2, 0.25) is 10.0 Å². The van der Waals surface area contributed by atoms with Crippen LogP contribution < -0.4 is 0 Å². The lowest BCUT2D eigenvalue weighted by molar-refractivity contribution is -0.143. The van der Waals surface area contributed by atoms with E-state index in [4.69, 9.17) is 32.7 Å². The molecule has 192 valence electrons. The van der Waals surface area contributed by atoms with Crippen LogP contribution in [-0.4, -0.2) is 54.4 Å².